The van der Waals surface area contributed by atoms with Crippen molar-refractivity contribution < 1.29 is 0 Å². The third-order valence-electron chi connectivity index (χ3n) is 2.29. The van der Waals surface area contributed by atoms with Gasteiger partial charge in [0.1, 0.15) is 0 Å². The van der Waals surface area contributed by atoms with Crippen molar-refractivity contribution in [1.29, 1.82) is 0 Å². The Bertz CT molecular complexity index is 127. The van der Waals surface area contributed by atoms with E-state index >= 15 is 0 Å². The molecule has 2 aliphatic rings. The Balaban J connectivity index is 2.23. The normalized spacial score (nSPS) is 37.0. The van der Waals surface area contributed by atoms with Crippen LogP contribution in [-0.2, 0) is 0 Å². The first kappa shape index (κ1) is 3.71. The Kier molecular flexibility index (Phi) is 0.421. The third kappa shape index (κ3) is 0.324. The maximum atomic E-state index is 2.28. The van der Waals surface area contributed by atoms with Crippen LogP contribution in [0, 0.1) is 5.41 Å². The van der Waals surface area contributed by atoms with Crippen molar-refractivity contribution in [3.8, 4) is 0 Å². The second-order valence-corrected chi connectivity index (χ2v) is 2.77. The summed E-state index contributed by atoms with van der Waals surface area (Å²) in [6.45, 7) is 2.16. The van der Waals surface area contributed by atoms with Gasteiger partial charge in [-0.1, -0.05) is 11.6 Å². The highest BCUT2D eigenvalue weighted by Gasteiger charge is 2.57. The molecule has 0 nitrogen and oxygen atoms in total. The number of hydrogen-bond acceptors (Lipinski definition) is 0. The molecule has 2 aliphatic carbocycles. The summed E-state index contributed by atoms with van der Waals surface area (Å²) in [5.41, 5.74) is 2.56. The molecule has 0 saturated heterocycles. The van der Waals surface area contributed by atoms with Crippen LogP contribution in [0.4, 0.5) is 0 Å². The average molecular weight is 94.2 g/mol. The van der Waals surface area contributed by atoms with Crippen molar-refractivity contribution in [2.75, 3.05) is 0 Å². The van der Waals surface area contributed by atoms with Crippen molar-refractivity contribution in [3.05, 3.63) is 11.6 Å². The van der Waals surface area contributed by atoms with Gasteiger partial charge in [0.2, 0.25) is 0 Å². The van der Waals surface area contributed by atoms with Gasteiger partial charge < -0.3 is 0 Å². The zero-order chi connectivity index (χ0) is 4.91. The highest BCUT2D eigenvalue weighted by atomic mass is 14.6. The standard InChI is InChI=1S/C7H10/c1-2-6-5-7(6)3-4-7/h2H,3-5H2,1H3. The minimum atomic E-state index is 0.828. The SMILES string of the molecule is CC=C1CC12CC2. The van der Waals surface area contributed by atoms with Gasteiger partial charge in [-0.3, -0.25) is 0 Å². The minimum absolute atomic E-state index is 0.828. The lowest BCUT2D eigenvalue weighted by molar-refractivity contribution is 0.938. The Morgan fingerprint density at radius 3 is 2.43 bits per heavy atom. The summed E-state index contributed by atoms with van der Waals surface area (Å²) in [7, 11) is 0. The zero-order valence-electron chi connectivity index (χ0n) is 4.70. The van der Waals surface area contributed by atoms with E-state index in [0.717, 1.165) is 5.41 Å². The summed E-state index contributed by atoms with van der Waals surface area (Å²) >= 11 is 0. The van der Waals surface area contributed by atoms with E-state index in [0.29, 0.717) is 0 Å². The first-order valence-electron chi connectivity index (χ1n) is 3.03. The molecule has 2 rings (SSSR count). The van der Waals surface area contributed by atoms with E-state index in [9.17, 15) is 0 Å². The second kappa shape index (κ2) is 0.795. The second-order valence-electron chi connectivity index (χ2n) is 2.77. The highest BCUT2D eigenvalue weighted by Crippen LogP contribution is 2.70. The van der Waals surface area contributed by atoms with E-state index < -0.39 is 0 Å². The fourth-order valence-corrected chi connectivity index (χ4v) is 1.38. The van der Waals surface area contributed by atoms with Gasteiger partial charge >= 0.3 is 0 Å². The lowest BCUT2D eigenvalue weighted by Crippen LogP contribution is -1.57. The molecule has 0 unspecified atom stereocenters. The Hall–Kier alpha value is -0.260. The Labute approximate surface area is 44.2 Å². The van der Waals surface area contributed by atoms with Gasteiger partial charge in [-0.15, -0.1) is 0 Å². The summed E-state index contributed by atoms with van der Waals surface area (Å²) in [5, 5.41) is 0. The molecular formula is C7H10. The molecule has 1 spiro atoms. The van der Waals surface area contributed by atoms with Crippen LogP contribution >= 0.6 is 0 Å². The van der Waals surface area contributed by atoms with Crippen molar-refractivity contribution in [2.24, 2.45) is 5.41 Å². The topological polar surface area (TPSA) is 0 Å². The van der Waals surface area contributed by atoms with Crippen LogP contribution in [0.5, 0.6) is 0 Å². The summed E-state index contributed by atoms with van der Waals surface area (Å²) < 4.78 is 0. The van der Waals surface area contributed by atoms with Gasteiger partial charge in [0.15, 0.2) is 0 Å². The van der Waals surface area contributed by atoms with Gasteiger partial charge in [0.25, 0.3) is 0 Å². The largest absolute Gasteiger partial charge is 0.0879 e. The minimum Gasteiger partial charge on any atom is -0.0879 e. The van der Waals surface area contributed by atoms with Gasteiger partial charge in [0.05, 0.1) is 0 Å². The molecule has 0 aromatic carbocycles. The fraction of sp³-hybridized carbons (Fsp3) is 0.714. The molecule has 7 heavy (non-hydrogen) atoms. The highest BCUT2D eigenvalue weighted by molar-refractivity contribution is 5.38. The molecule has 2 saturated carbocycles. The van der Waals surface area contributed by atoms with Crippen LogP contribution in [0.2, 0.25) is 0 Å². The lowest BCUT2D eigenvalue weighted by Gasteiger charge is -1.68. The molecule has 0 heteroatoms. The molecule has 0 aromatic heterocycles. The average Bonchev–Trinajstić information content (AvgIpc) is 2.52. The van der Waals surface area contributed by atoms with Crippen LogP contribution < -0.4 is 0 Å². The Morgan fingerprint density at radius 1 is 1.57 bits per heavy atom. The summed E-state index contributed by atoms with van der Waals surface area (Å²) in [6.07, 6.45) is 6.70. The molecule has 0 aliphatic heterocycles. The molecule has 0 aromatic rings. The van der Waals surface area contributed by atoms with Crippen molar-refractivity contribution in [3.63, 3.8) is 0 Å². The maximum absolute atomic E-state index is 2.28. The predicted molar refractivity (Wildman–Crippen MR) is 30.0 cm³/mol. The summed E-state index contributed by atoms with van der Waals surface area (Å²) in [6, 6.07) is 0. The molecule has 0 heterocycles. The van der Waals surface area contributed by atoms with E-state index in [2.05, 4.69) is 13.0 Å². The van der Waals surface area contributed by atoms with Crippen molar-refractivity contribution >= 4 is 0 Å². The molecule has 0 bridgehead atoms. The molecule has 0 atom stereocenters. The zero-order valence-corrected chi connectivity index (χ0v) is 4.70. The molecule has 38 valence electrons. The molecule has 2 fully saturated rings. The van der Waals surface area contributed by atoms with Crippen molar-refractivity contribution in [1.82, 2.24) is 0 Å². The number of hydrogen-bond donors (Lipinski definition) is 0. The predicted octanol–water partition coefficient (Wildman–Crippen LogP) is 2.12. The smallest absolute Gasteiger partial charge is 0.00499 e. The maximum Gasteiger partial charge on any atom is -0.00499 e. The lowest BCUT2D eigenvalue weighted by atomic mass is 10.4. The number of rotatable bonds is 0. The van der Waals surface area contributed by atoms with Crippen LogP contribution in [0.1, 0.15) is 26.2 Å². The summed E-state index contributed by atoms with van der Waals surface area (Å²) in [4.78, 5) is 0. The molecular weight excluding hydrogens is 84.1 g/mol. The summed E-state index contributed by atoms with van der Waals surface area (Å²) in [5.74, 6) is 0. The van der Waals surface area contributed by atoms with E-state index in [1.165, 1.54) is 19.3 Å². The van der Waals surface area contributed by atoms with E-state index in [1.54, 1.807) is 5.57 Å². The fourth-order valence-electron chi connectivity index (χ4n) is 1.38. The van der Waals surface area contributed by atoms with Gasteiger partial charge in [0, 0.05) is 0 Å². The van der Waals surface area contributed by atoms with Crippen LogP contribution in [0.15, 0.2) is 11.6 Å². The Morgan fingerprint density at radius 2 is 2.29 bits per heavy atom. The quantitative estimate of drug-likeness (QED) is 0.403. The van der Waals surface area contributed by atoms with E-state index in [-0.39, 0.29) is 0 Å². The monoisotopic (exact) mass is 94.1 g/mol. The van der Waals surface area contributed by atoms with Crippen LogP contribution in [0.25, 0.3) is 0 Å². The number of allylic oxidation sites excluding steroid dienone is 2. The van der Waals surface area contributed by atoms with E-state index in [1.807, 2.05) is 0 Å². The first-order chi connectivity index (χ1) is 3.37. The van der Waals surface area contributed by atoms with Gasteiger partial charge in [-0.2, -0.15) is 0 Å². The van der Waals surface area contributed by atoms with Gasteiger partial charge in [-0.25, -0.2) is 0 Å². The van der Waals surface area contributed by atoms with Crippen molar-refractivity contribution in [2.45, 2.75) is 26.2 Å². The third-order valence-corrected chi connectivity index (χ3v) is 2.29. The molecule has 0 amide bonds. The van der Waals surface area contributed by atoms with Gasteiger partial charge in [-0.05, 0) is 31.6 Å². The van der Waals surface area contributed by atoms with Crippen LogP contribution in [0.3, 0.4) is 0 Å². The molecule has 0 N–H and O–H groups in total. The van der Waals surface area contributed by atoms with E-state index in [4.69, 9.17) is 0 Å². The van der Waals surface area contributed by atoms with Crippen LogP contribution in [-0.4, -0.2) is 0 Å². The first-order valence-corrected chi connectivity index (χ1v) is 3.03. The molecule has 0 radical (unpaired) electrons.